The van der Waals surface area contributed by atoms with Gasteiger partial charge in [0.2, 0.25) is 0 Å². The van der Waals surface area contributed by atoms with E-state index in [-0.39, 0.29) is 23.1 Å². The van der Waals surface area contributed by atoms with Gasteiger partial charge < -0.3 is 10.1 Å². The number of para-hydroxylation sites is 1. The Morgan fingerprint density at radius 3 is 2.61 bits per heavy atom. The number of nitro groups is 1. The molecule has 2 aromatic carbocycles. The molecule has 1 aromatic heterocycles. The molecule has 0 saturated heterocycles. The number of hydrogen-bond acceptors (Lipinski definition) is 3. The molecule has 3 aromatic rings. The quantitative estimate of drug-likeness (QED) is 0.554. The first kappa shape index (κ1) is 15.2. The smallest absolute Gasteiger partial charge is 0.293 e. The van der Waals surface area contributed by atoms with Gasteiger partial charge in [-0.1, -0.05) is 42.0 Å². The molecule has 0 bridgehead atoms. The lowest BCUT2D eigenvalue weighted by atomic mass is 9.88. The minimum absolute atomic E-state index is 0.00338. The molecule has 0 aliphatic carbocycles. The van der Waals surface area contributed by atoms with E-state index in [2.05, 4.69) is 4.98 Å². The molecule has 23 heavy (non-hydrogen) atoms. The Kier molecular flexibility index (Phi) is 4.12. The first-order chi connectivity index (χ1) is 11.1. The van der Waals surface area contributed by atoms with Gasteiger partial charge >= 0.3 is 0 Å². The van der Waals surface area contributed by atoms with Gasteiger partial charge in [-0.2, -0.15) is 0 Å². The lowest BCUT2D eigenvalue weighted by molar-refractivity contribution is -0.383. The maximum absolute atomic E-state index is 11.2. The van der Waals surface area contributed by atoms with E-state index < -0.39 is 0 Å². The van der Waals surface area contributed by atoms with Crippen LogP contribution >= 0.6 is 0 Å². The fourth-order valence-corrected chi connectivity index (χ4v) is 3.03. The van der Waals surface area contributed by atoms with Gasteiger partial charge in [0, 0.05) is 30.2 Å². The molecular formula is C18H18N2O3. The summed E-state index contributed by atoms with van der Waals surface area (Å²) in [4.78, 5) is 13.8. The Hall–Kier alpha value is -2.66. The van der Waals surface area contributed by atoms with E-state index in [9.17, 15) is 15.2 Å². The second kappa shape index (κ2) is 6.22. The van der Waals surface area contributed by atoms with Crippen molar-refractivity contribution in [3.63, 3.8) is 0 Å². The third-order valence-electron chi connectivity index (χ3n) is 4.20. The number of aliphatic hydroxyl groups is 1. The fourth-order valence-electron chi connectivity index (χ4n) is 3.03. The highest BCUT2D eigenvalue weighted by Gasteiger charge is 2.21. The fraction of sp³-hybridized carbons (Fsp3) is 0.222. The Balaban J connectivity index is 2.13. The minimum Gasteiger partial charge on any atom is -0.396 e. The average Bonchev–Trinajstić information content (AvgIpc) is 2.97. The number of aromatic nitrogens is 1. The zero-order valence-corrected chi connectivity index (χ0v) is 12.8. The first-order valence-electron chi connectivity index (χ1n) is 7.53. The molecule has 1 atom stereocenters. The normalized spacial score (nSPS) is 12.4. The van der Waals surface area contributed by atoms with Gasteiger partial charge in [0.25, 0.3) is 5.69 Å². The molecule has 0 spiro atoms. The largest absolute Gasteiger partial charge is 0.396 e. The van der Waals surface area contributed by atoms with Crippen LogP contribution in [0.1, 0.15) is 29.0 Å². The van der Waals surface area contributed by atoms with Gasteiger partial charge in [-0.15, -0.1) is 0 Å². The van der Waals surface area contributed by atoms with Gasteiger partial charge in [0.05, 0.1) is 4.92 Å². The molecule has 2 N–H and O–H groups in total. The van der Waals surface area contributed by atoms with E-state index >= 15 is 0 Å². The van der Waals surface area contributed by atoms with Gasteiger partial charge in [-0.3, -0.25) is 10.1 Å². The number of nitrogens with zero attached hydrogens (tertiary/aromatic N) is 1. The summed E-state index contributed by atoms with van der Waals surface area (Å²) in [6.07, 6.45) is 2.39. The van der Waals surface area contributed by atoms with Crippen LogP contribution in [0.3, 0.4) is 0 Å². The molecule has 0 radical (unpaired) electrons. The van der Waals surface area contributed by atoms with Crippen molar-refractivity contribution in [1.82, 2.24) is 4.98 Å². The average molecular weight is 310 g/mol. The van der Waals surface area contributed by atoms with Crippen LogP contribution in [-0.4, -0.2) is 21.6 Å². The number of hydrogen-bond donors (Lipinski definition) is 2. The van der Waals surface area contributed by atoms with Gasteiger partial charge in [0.1, 0.15) is 5.52 Å². The number of aliphatic hydroxyl groups excluding tert-OH is 1. The Labute approximate surface area is 133 Å². The minimum atomic E-state index is -0.379. The van der Waals surface area contributed by atoms with Crippen LogP contribution in [0.5, 0.6) is 0 Å². The number of aromatic amines is 1. The van der Waals surface area contributed by atoms with E-state index in [1.165, 1.54) is 11.6 Å². The van der Waals surface area contributed by atoms with Crippen LogP contribution in [0, 0.1) is 17.0 Å². The highest BCUT2D eigenvalue weighted by atomic mass is 16.6. The zero-order chi connectivity index (χ0) is 16.4. The monoisotopic (exact) mass is 310 g/mol. The van der Waals surface area contributed by atoms with Crippen molar-refractivity contribution in [2.45, 2.75) is 19.3 Å². The number of H-pyrrole nitrogens is 1. The molecule has 5 heteroatoms. The summed E-state index contributed by atoms with van der Waals surface area (Å²) in [5, 5.41) is 21.5. The standard InChI is InChI=1S/C18H18N2O3/c1-12-5-7-13(8-6-12)14(9-10-21)16-11-19-18-15(16)3-2-4-17(18)20(22)23/h2-8,11,14,19,21H,9-10H2,1H3. The Bertz CT molecular complexity index is 837. The van der Waals surface area contributed by atoms with Crippen molar-refractivity contribution in [1.29, 1.82) is 0 Å². The molecule has 1 heterocycles. The maximum Gasteiger partial charge on any atom is 0.293 e. The summed E-state index contributed by atoms with van der Waals surface area (Å²) in [6.45, 7) is 2.08. The maximum atomic E-state index is 11.2. The van der Waals surface area contributed by atoms with Crippen LogP contribution in [0.2, 0.25) is 0 Å². The number of benzene rings is 2. The SMILES string of the molecule is Cc1ccc(C(CCO)c2c[nH]c3c([N+](=O)[O-])cccc23)cc1. The molecule has 0 saturated carbocycles. The van der Waals surface area contributed by atoms with Crippen molar-refractivity contribution in [3.05, 3.63) is 75.5 Å². The number of non-ortho nitro benzene ring substituents is 1. The number of nitrogens with one attached hydrogen (secondary N) is 1. The predicted molar refractivity (Wildman–Crippen MR) is 89.7 cm³/mol. The van der Waals surface area contributed by atoms with Crippen LogP contribution < -0.4 is 0 Å². The summed E-state index contributed by atoms with van der Waals surface area (Å²) in [5.74, 6) is -0.00338. The zero-order valence-electron chi connectivity index (χ0n) is 12.8. The highest BCUT2D eigenvalue weighted by molar-refractivity contribution is 5.91. The summed E-state index contributed by atoms with van der Waals surface area (Å²) in [6, 6.07) is 13.2. The second-order valence-electron chi connectivity index (χ2n) is 5.68. The van der Waals surface area contributed by atoms with Crippen molar-refractivity contribution >= 4 is 16.6 Å². The van der Waals surface area contributed by atoms with E-state index in [4.69, 9.17) is 0 Å². The number of rotatable bonds is 5. The third kappa shape index (κ3) is 2.83. The van der Waals surface area contributed by atoms with Crippen LogP contribution in [0.4, 0.5) is 5.69 Å². The molecular weight excluding hydrogens is 292 g/mol. The van der Waals surface area contributed by atoms with Crippen molar-refractivity contribution < 1.29 is 10.0 Å². The number of nitro benzene ring substituents is 1. The molecule has 0 aliphatic rings. The predicted octanol–water partition coefficient (Wildman–Crippen LogP) is 3.90. The van der Waals surface area contributed by atoms with Crippen LogP contribution in [-0.2, 0) is 0 Å². The van der Waals surface area contributed by atoms with Crippen molar-refractivity contribution in [2.24, 2.45) is 0 Å². The molecule has 3 rings (SSSR count). The van der Waals surface area contributed by atoms with E-state index in [1.54, 1.807) is 6.07 Å². The lowest BCUT2D eigenvalue weighted by Crippen LogP contribution is -2.03. The summed E-state index contributed by atoms with van der Waals surface area (Å²) in [7, 11) is 0. The Morgan fingerprint density at radius 1 is 1.22 bits per heavy atom. The van der Waals surface area contributed by atoms with E-state index in [0.29, 0.717) is 11.9 Å². The number of fused-ring (bicyclic) bond motifs is 1. The van der Waals surface area contributed by atoms with Gasteiger partial charge in [-0.25, -0.2) is 0 Å². The van der Waals surface area contributed by atoms with E-state index in [1.807, 2.05) is 43.5 Å². The molecule has 0 fully saturated rings. The lowest BCUT2D eigenvalue weighted by Gasteiger charge is -2.16. The van der Waals surface area contributed by atoms with Crippen molar-refractivity contribution in [2.75, 3.05) is 6.61 Å². The first-order valence-corrected chi connectivity index (χ1v) is 7.53. The number of aryl methyl sites for hydroxylation is 1. The Morgan fingerprint density at radius 2 is 1.96 bits per heavy atom. The van der Waals surface area contributed by atoms with Crippen LogP contribution in [0.25, 0.3) is 10.9 Å². The third-order valence-corrected chi connectivity index (χ3v) is 4.20. The van der Waals surface area contributed by atoms with Gasteiger partial charge in [-0.05, 0) is 24.5 Å². The molecule has 118 valence electrons. The molecule has 0 aliphatic heterocycles. The topological polar surface area (TPSA) is 79.2 Å². The molecule has 0 amide bonds. The van der Waals surface area contributed by atoms with E-state index in [0.717, 1.165) is 16.5 Å². The summed E-state index contributed by atoms with van der Waals surface area (Å²) >= 11 is 0. The molecule has 5 nitrogen and oxygen atoms in total. The second-order valence-corrected chi connectivity index (χ2v) is 5.68. The van der Waals surface area contributed by atoms with Crippen molar-refractivity contribution in [3.8, 4) is 0 Å². The van der Waals surface area contributed by atoms with Gasteiger partial charge in [0.15, 0.2) is 0 Å². The van der Waals surface area contributed by atoms with Crippen LogP contribution in [0.15, 0.2) is 48.7 Å². The highest BCUT2D eigenvalue weighted by Crippen LogP contribution is 2.36. The summed E-state index contributed by atoms with van der Waals surface area (Å²) in [5.41, 5.74) is 3.84. The summed E-state index contributed by atoms with van der Waals surface area (Å²) < 4.78 is 0. The molecule has 1 unspecified atom stereocenters.